The van der Waals surface area contributed by atoms with Crippen LogP contribution in [0, 0.1) is 11.6 Å². The number of amides is 1. The third-order valence-corrected chi connectivity index (χ3v) is 3.39. The highest BCUT2D eigenvalue weighted by atomic mass is 19.2. The van der Waals surface area contributed by atoms with E-state index in [0.29, 0.717) is 18.7 Å². The molecule has 0 spiro atoms. The Hall–Kier alpha value is -1.49. The SMILES string of the molecule is CCN(CC)C(=O)C(C)NC(C)c1ccc(F)c(F)c1. The van der Waals surface area contributed by atoms with Crippen molar-refractivity contribution in [3.05, 3.63) is 35.4 Å². The van der Waals surface area contributed by atoms with Gasteiger partial charge in [0.15, 0.2) is 11.6 Å². The lowest BCUT2D eigenvalue weighted by molar-refractivity contribution is -0.132. The maximum atomic E-state index is 13.2. The molecule has 0 radical (unpaired) electrons. The summed E-state index contributed by atoms with van der Waals surface area (Å²) in [6.45, 7) is 8.75. The minimum Gasteiger partial charge on any atom is -0.342 e. The smallest absolute Gasteiger partial charge is 0.239 e. The minimum atomic E-state index is -0.876. The maximum absolute atomic E-state index is 13.2. The molecule has 0 aromatic heterocycles. The molecule has 0 aliphatic carbocycles. The first-order valence-corrected chi connectivity index (χ1v) is 6.90. The van der Waals surface area contributed by atoms with Crippen LogP contribution in [0.1, 0.15) is 39.3 Å². The average Bonchev–Trinajstić information content (AvgIpc) is 2.42. The quantitative estimate of drug-likeness (QED) is 0.871. The summed E-state index contributed by atoms with van der Waals surface area (Å²) in [6, 6.07) is 3.16. The van der Waals surface area contributed by atoms with Crippen LogP contribution in [0.5, 0.6) is 0 Å². The van der Waals surface area contributed by atoms with Gasteiger partial charge in [-0.2, -0.15) is 0 Å². The van der Waals surface area contributed by atoms with Crippen LogP contribution in [-0.4, -0.2) is 29.9 Å². The van der Waals surface area contributed by atoms with E-state index in [1.165, 1.54) is 6.07 Å². The Morgan fingerprint density at radius 1 is 1.20 bits per heavy atom. The second-order valence-corrected chi connectivity index (χ2v) is 4.79. The van der Waals surface area contributed by atoms with Gasteiger partial charge in [0, 0.05) is 19.1 Å². The Bertz CT molecular complexity index is 461. The Kier molecular flexibility index (Phi) is 6.07. The molecule has 0 aliphatic rings. The number of carbonyl (C=O) groups excluding carboxylic acids is 1. The third-order valence-electron chi connectivity index (χ3n) is 3.39. The van der Waals surface area contributed by atoms with Crippen LogP contribution in [0.2, 0.25) is 0 Å². The third kappa shape index (κ3) is 4.00. The van der Waals surface area contributed by atoms with Crippen LogP contribution in [0.25, 0.3) is 0 Å². The highest BCUT2D eigenvalue weighted by Gasteiger charge is 2.20. The molecule has 20 heavy (non-hydrogen) atoms. The molecule has 1 N–H and O–H groups in total. The number of nitrogens with zero attached hydrogens (tertiary/aromatic N) is 1. The number of carbonyl (C=O) groups is 1. The summed E-state index contributed by atoms with van der Waals surface area (Å²) in [4.78, 5) is 13.9. The van der Waals surface area contributed by atoms with Crippen LogP contribution in [0.3, 0.4) is 0 Å². The summed E-state index contributed by atoms with van der Waals surface area (Å²) in [5, 5.41) is 3.11. The van der Waals surface area contributed by atoms with E-state index < -0.39 is 11.6 Å². The fraction of sp³-hybridized carbons (Fsp3) is 0.533. The van der Waals surface area contributed by atoms with Gasteiger partial charge in [-0.1, -0.05) is 6.07 Å². The first-order valence-electron chi connectivity index (χ1n) is 6.90. The lowest BCUT2D eigenvalue weighted by Crippen LogP contribution is -2.45. The topological polar surface area (TPSA) is 32.3 Å². The lowest BCUT2D eigenvalue weighted by Gasteiger charge is -2.26. The Labute approximate surface area is 119 Å². The van der Waals surface area contributed by atoms with E-state index in [1.54, 1.807) is 11.8 Å². The summed E-state index contributed by atoms with van der Waals surface area (Å²) in [5.74, 6) is -1.74. The Balaban J connectivity index is 2.71. The first-order chi connectivity index (χ1) is 9.40. The minimum absolute atomic E-state index is 0.00411. The van der Waals surface area contributed by atoms with Crippen LogP contribution in [-0.2, 0) is 4.79 Å². The summed E-state index contributed by atoms with van der Waals surface area (Å²) in [5.41, 5.74) is 0.614. The molecule has 1 aromatic carbocycles. The summed E-state index contributed by atoms with van der Waals surface area (Å²) in [7, 11) is 0. The number of rotatable bonds is 6. The molecule has 0 saturated carbocycles. The van der Waals surface area contributed by atoms with Crippen molar-refractivity contribution < 1.29 is 13.6 Å². The van der Waals surface area contributed by atoms with Gasteiger partial charge in [-0.05, 0) is 45.4 Å². The van der Waals surface area contributed by atoms with E-state index >= 15 is 0 Å². The van der Waals surface area contributed by atoms with Gasteiger partial charge in [0.25, 0.3) is 0 Å². The van der Waals surface area contributed by atoms with Crippen molar-refractivity contribution in [2.45, 2.75) is 39.8 Å². The molecular weight excluding hydrogens is 262 g/mol. The van der Waals surface area contributed by atoms with E-state index in [4.69, 9.17) is 0 Å². The van der Waals surface area contributed by atoms with Crippen molar-refractivity contribution in [3.8, 4) is 0 Å². The van der Waals surface area contributed by atoms with Crippen LogP contribution in [0.4, 0.5) is 8.78 Å². The molecule has 2 atom stereocenters. The van der Waals surface area contributed by atoms with E-state index in [9.17, 15) is 13.6 Å². The van der Waals surface area contributed by atoms with Crippen molar-refractivity contribution >= 4 is 5.91 Å². The van der Waals surface area contributed by atoms with E-state index in [1.807, 2.05) is 20.8 Å². The predicted octanol–water partition coefficient (Wildman–Crippen LogP) is 2.87. The van der Waals surface area contributed by atoms with Crippen LogP contribution < -0.4 is 5.32 Å². The molecule has 1 amide bonds. The fourth-order valence-corrected chi connectivity index (χ4v) is 2.13. The van der Waals surface area contributed by atoms with Gasteiger partial charge in [0.1, 0.15) is 0 Å². The molecule has 3 nitrogen and oxygen atoms in total. The van der Waals surface area contributed by atoms with E-state index in [0.717, 1.165) is 12.1 Å². The number of hydrogen-bond acceptors (Lipinski definition) is 2. The number of likely N-dealkylation sites (N-methyl/N-ethyl adjacent to an activating group) is 1. The van der Waals surface area contributed by atoms with Gasteiger partial charge in [0.2, 0.25) is 5.91 Å². The van der Waals surface area contributed by atoms with Gasteiger partial charge in [-0.25, -0.2) is 8.78 Å². The summed E-state index contributed by atoms with van der Waals surface area (Å²) < 4.78 is 26.1. The lowest BCUT2D eigenvalue weighted by atomic mass is 10.1. The van der Waals surface area contributed by atoms with Gasteiger partial charge in [0.05, 0.1) is 6.04 Å². The zero-order valence-electron chi connectivity index (χ0n) is 12.4. The monoisotopic (exact) mass is 284 g/mol. The molecule has 2 unspecified atom stereocenters. The number of halogens is 2. The molecule has 0 fully saturated rings. The number of benzene rings is 1. The molecule has 0 saturated heterocycles. The predicted molar refractivity (Wildman–Crippen MR) is 75.3 cm³/mol. The van der Waals surface area contributed by atoms with Gasteiger partial charge >= 0.3 is 0 Å². The fourth-order valence-electron chi connectivity index (χ4n) is 2.13. The molecule has 0 heterocycles. The normalized spacial score (nSPS) is 13.9. The molecule has 1 aromatic rings. The Morgan fingerprint density at radius 3 is 2.30 bits per heavy atom. The zero-order chi connectivity index (χ0) is 15.3. The van der Waals surface area contributed by atoms with Crippen molar-refractivity contribution in [1.82, 2.24) is 10.2 Å². The van der Waals surface area contributed by atoms with Crippen molar-refractivity contribution in [3.63, 3.8) is 0 Å². The number of hydrogen-bond donors (Lipinski definition) is 1. The van der Waals surface area contributed by atoms with Crippen molar-refractivity contribution in [1.29, 1.82) is 0 Å². The molecular formula is C15H22F2N2O. The standard InChI is InChI=1S/C15H22F2N2O/c1-5-19(6-2)15(20)11(4)18-10(3)12-7-8-13(16)14(17)9-12/h7-11,18H,5-6H2,1-4H3. The maximum Gasteiger partial charge on any atom is 0.239 e. The molecule has 0 bridgehead atoms. The average molecular weight is 284 g/mol. The highest BCUT2D eigenvalue weighted by molar-refractivity contribution is 5.81. The van der Waals surface area contributed by atoms with Crippen molar-refractivity contribution in [2.24, 2.45) is 0 Å². The van der Waals surface area contributed by atoms with E-state index in [-0.39, 0.29) is 18.0 Å². The molecule has 1 rings (SSSR count). The second-order valence-electron chi connectivity index (χ2n) is 4.79. The van der Waals surface area contributed by atoms with Crippen LogP contribution in [0.15, 0.2) is 18.2 Å². The Morgan fingerprint density at radius 2 is 1.80 bits per heavy atom. The van der Waals surface area contributed by atoms with Gasteiger partial charge in [-0.15, -0.1) is 0 Å². The number of nitrogens with one attached hydrogen (secondary N) is 1. The molecule has 5 heteroatoms. The second kappa shape index (κ2) is 7.33. The largest absolute Gasteiger partial charge is 0.342 e. The van der Waals surface area contributed by atoms with Crippen molar-refractivity contribution in [2.75, 3.05) is 13.1 Å². The summed E-state index contributed by atoms with van der Waals surface area (Å²) >= 11 is 0. The summed E-state index contributed by atoms with van der Waals surface area (Å²) in [6.07, 6.45) is 0. The zero-order valence-corrected chi connectivity index (χ0v) is 12.4. The highest BCUT2D eigenvalue weighted by Crippen LogP contribution is 2.16. The molecule has 112 valence electrons. The van der Waals surface area contributed by atoms with E-state index in [2.05, 4.69) is 5.32 Å². The van der Waals surface area contributed by atoms with Gasteiger partial charge in [-0.3, -0.25) is 10.1 Å². The van der Waals surface area contributed by atoms with Crippen LogP contribution >= 0.6 is 0 Å². The first kappa shape index (κ1) is 16.6. The van der Waals surface area contributed by atoms with Gasteiger partial charge < -0.3 is 4.90 Å². The molecule has 0 aliphatic heterocycles.